The van der Waals surface area contributed by atoms with E-state index in [1.807, 2.05) is 6.92 Å². The number of rotatable bonds is 2. The van der Waals surface area contributed by atoms with Crippen molar-refractivity contribution < 1.29 is 19.0 Å². The van der Waals surface area contributed by atoms with Crippen molar-refractivity contribution in [3.05, 3.63) is 23.8 Å². The number of hydrogen-bond donors (Lipinski definition) is 0. The molecule has 0 N–H and O–H groups in total. The Kier molecular flexibility index (Phi) is 4.22. The van der Waals surface area contributed by atoms with Crippen LogP contribution in [0.5, 0.6) is 11.5 Å². The van der Waals surface area contributed by atoms with E-state index in [9.17, 15) is 4.79 Å². The van der Waals surface area contributed by atoms with Crippen molar-refractivity contribution in [2.75, 3.05) is 32.2 Å². The highest BCUT2D eigenvalue weighted by Crippen LogP contribution is 2.31. The molecule has 0 radical (unpaired) electrons. The van der Waals surface area contributed by atoms with E-state index in [1.165, 1.54) is 0 Å². The van der Waals surface area contributed by atoms with Gasteiger partial charge >= 0.3 is 0 Å². The number of ether oxygens (including phenoxy) is 3. The van der Waals surface area contributed by atoms with Crippen molar-refractivity contribution in [2.45, 2.75) is 19.1 Å². The molecule has 2 aliphatic heterocycles. The number of fused-ring (bicyclic) bond motifs is 1. The summed E-state index contributed by atoms with van der Waals surface area (Å²) in [5.74, 6) is 1.67. The van der Waals surface area contributed by atoms with E-state index in [1.54, 1.807) is 23.1 Å². The molecule has 6 heteroatoms. The predicted molar refractivity (Wildman–Crippen MR) is 78.4 cm³/mol. The molecule has 2 aliphatic rings. The van der Waals surface area contributed by atoms with Gasteiger partial charge in [0, 0.05) is 18.7 Å². The highest BCUT2D eigenvalue weighted by molar-refractivity contribution is 6.18. The van der Waals surface area contributed by atoms with Crippen LogP contribution in [0.3, 0.4) is 0 Å². The fraction of sp³-hybridized carbons (Fsp3) is 0.533. The third kappa shape index (κ3) is 3.09. The minimum Gasteiger partial charge on any atom is -0.486 e. The number of morpholine rings is 1. The lowest BCUT2D eigenvalue weighted by molar-refractivity contribution is -0.0570. The van der Waals surface area contributed by atoms with E-state index in [4.69, 9.17) is 25.8 Å². The summed E-state index contributed by atoms with van der Waals surface area (Å²) in [5.41, 5.74) is 0.599. The molecule has 1 amide bonds. The number of carbonyl (C=O) groups excluding carboxylic acids is 1. The van der Waals surface area contributed by atoms with Crippen LogP contribution in [-0.4, -0.2) is 55.2 Å². The van der Waals surface area contributed by atoms with E-state index in [2.05, 4.69) is 0 Å². The van der Waals surface area contributed by atoms with Gasteiger partial charge in [0.15, 0.2) is 11.5 Å². The number of carbonyl (C=O) groups is 1. The van der Waals surface area contributed by atoms with Crippen molar-refractivity contribution in [3.63, 3.8) is 0 Å². The van der Waals surface area contributed by atoms with Gasteiger partial charge in [-0.15, -0.1) is 11.6 Å². The summed E-state index contributed by atoms with van der Waals surface area (Å²) in [4.78, 5) is 14.4. The number of hydrogen-bond acceptors (Lipinski definition) is 4. The molecule has 1 fully saturated rings. The van der Waals surface area contributed by atoms with Crippen LogP contribution in [0.2, 0.25) is 0 Å². The Hall–Kier alpha value is -1.46. The van der Waals surface area contributed by atoms with E-state index in [0.717, 1.165) is 0 Å². The zero-order chi connectivity index (χ0) is 14.8. The first-order chi connectivity index (χ1) is 10.2. The summed E-state index contributed by atoms with van der Waals surface area (Å²) >= 11 is 5.86. The molecule has 2 unspecified atom stereocenters. The standard InChI is InChI=1S/C15H18ClNO4/c1-10-8-17(9-12(7-16)21-10)15(18)11-2-3-13-14(6-11)20-5-4-19-13/h2-3,6,10,12H,4-5,7-9H2,1H3. The van der Waals surface area contributed by atoms with Crippen molar-refractivity contribution in [2.24, 2.45) is 0 Å². The van der Waals surface area contributed by atoms with Crippen LogP contribution in [0, 0.1) is 0 Å². The molecule has 0 spiro atoms. The fourth-order valence-electron chi connectivity index (χ4n) is 2.66. The Morgan fingerprint density at radius 2 is 2.05 bits per heavy atom. The van der Waals surface area contributed by atoms with Crippen molar-refractivity contribution in [1.82, 2.24) is 4.90 Å². The maximum absolute atomic E-state index is 12.6. The third-order valence-corrected chi connectivity index (χ3v) is 3.92. The van der Waals surface area contributed by atoms with E-state index in [-0.39, 0.29) is 18.1 Å². The van der Waals surface area contributed by atoms with Crippen molar-refractivity contribution in [1.29, 1.82) is 0 Å². The molecule has 0 aromatic heterocycles. The van der Waals surface area contributed by atoms with Crippen LogP contribution in [-0.2, 0) is 4.74 Å². The Balaban J connectivity index is 1.78. The highest BCUT2D eigenvalue weighted by atomic mass is 35.5. The monoisotopic (exact) mass is 311 g/mol. The molecular formula is C15H18ClNO4. The first-order valence-electron chi connectivity index (χ1n) is 7.07. The zero-order valence-corrected chi connectivity index (χ0v) is 12.6. The quantitative estimate of drug-likeness (QED) is 0.783. The third-order valence-electron chi connectivity index (χ3n) is 3.57. The lowest BCUT2D eigenvalue weighted by Gasteiger charge is -2.36. The lowest BCUT2D eigenvalue weighted by Crippen LogP contribution is -2.49. The van der Waals surface area contributed by atoms with E-state index in [0.29, 0.717) is 49.2 Å². The topological polar surface area (TPSA) is 48.0 Å². The van der Waals surface area contributed by atoms with Gasteiger partial charge in [-0.25, -0.2) is 0 Å². The maximum atomic E-state index is 12.6. The number of halogens is 1. The molecule has 0 bridgehead atoms. The van der Waals surface area contributed by atoms with Crippen LogP contribution < -0.4 is 9.47 Å². The summed E-state index contributed by atoms with van der Waals surface area (Å²) in [5, 5.41) is 0. The molecule has 0 saturated carbocycles. The molecule has 2 heterocycles. The number of nitrogens with zero attached hydrogens (tertiary/aromatic N) is 1. The maximum Gasteiger partial charge on any atom is 0.254 e. The molecule has 114 valence electrons. The van der Waals surface area contributed by atoms with Crippen LogP contribution in [0.25, 0.3) is 0 Å². The number of amides is 1. The normalized spacial score (nSPS) is 24.8. The molecule has 5 nitrogen and oxygen atoms in total. The van der Waals surface area contributed by atoms with Gasteiger partial charge in [-0.2, -0.15) is 0 Å². The van der Waals surface area contributed by atoms with Crippen LogP contribution in [0.4, 0.5) is 0 Å². The van der Waals surface area contributed by atoms with Gasteiger partial charge in [-0.3, -0.25) is 4.79 Å². The molecule has 3 rings (SSSR count). The van der Waals surface area contributed by atoms with Gasteiger partial charge in [0.2, 0.25) is 0 Å². The van der Waals surface area contributed by atoms with Gasteiger partial charge in [-0.1, -0.05) is 0 Å². The van der Waals surface area contributed by atoms with Crippen LogP contribution >= 0.6 is 11.6 Å². The van der Waals surface area contributed by atoms with E-state index >= 15 is 0 Å². The molecule has 1 aromatic carbocycles. The molecule has 0 aliphatic carbocycles. The molecule has 1 aromatic rings. The smallest absolute Gasteiger partial charge is 0.254 e. The lowest BCUT2D eigenvalue weighted by atomic mass is 10.1. The minimum absolute atomic E-state index is 0.0105. The Morgan fingerprint density at radius 3 is 2.81 bits per heavy atom. The highest BCUT2D eigenvalue weighted by Gasteiger charge is 2.29. The Labute approximate surface area is 128 Å². The first kappa shape index (κ1) is 14.5. The summed E-state index contributed by atoms with van der Waals surface area (Å²) in [7, 11) is 0. The molecule has 21 heavy (non-hydrogen) atoms. The average molecular weight is 312 g/mol. The molecular weight excluding hydrogens is 294 g/mol. The minimum atomic E-state index is -0.114. The molecule has 2 atom stereocenters. The largest absolute Gasteiger partial charge is 0.486 e. The second-order valence-corrected chi connectivity index (χ2v) is 5.60. The summed E-state index contributed by atoms with van der Waals surface area (Å²) in [6.45, 7) is 4.08. The Bertz CT molecular complexity index is 536. The van der Waals surface area contributed by atoms with Gasteiger partial charge < -0.3 is 19.1 Å². The summed E-state index contributed by atoms with van der Waals surface area (Å²) < 4.78 is 16.7. The fourth-order valence-corrected chi connectivity index (χ4v) is 2.83. The van der Waals surface area contributed by atoms with Crippen LogP contribution in [0.1, 0.15) is 17.3 Å². The zero-order valence-electron chi connectivity index (χ0n) is 11.9. The Morgan fingerprint density at radius 1 is 1.29 bits per heavy atom. The average Bonchev–Trinajstić information content (AvgIpc) is 2.53. The van der Waals surface area contributed by atoms with Gasteiger partial charge in [0.1, 0.15) is 13.2 Å². The first-order valence-corrected chi connectivity index (χ1v) is 7.61. The molecule has 1 saturated heterocycles. The summed E-state index contributed by atoms with van der Waals surface area (Å²) in [6, 6.07) is 5.29. The van der Waals surface area contributed by atoms with Crippen molar-refractivity contribution >= 4 is 17.5 Å². The number of benzene rings is 1. The van der Waals surface area contributed by atoms with Gasteiger partial charge in [0.05, 0.1) is 18.1 Å². The van der Waals surface area contributed by atoms with Crippen molar-refractivity contribution in [3.8, 4) is 11.5 Å². The SMILES string of the molecule is CC1CN(C(=O)c2ccc3c(c2)OCCO3)CC(CCl)O1. The van der Waals surface area contributed by atoms with Crippen LogP contribution in [0.15, 0.2) is 18.2 Å². The van der Waals surface area contributed by atoms with Gasteiger partial charge in [0.25, 0.3) is 5.91 Å². The second kappa shape index (κ2) is 6.12. The predicted octanol–water partition coefficient (Wildman–Crippen LogP) is 1.93. The second-order valence-electron chi connectivity index (χ2n) is 5.29. The van der Waals surface area contributed by atoms with Gasteiger partial charge in [-0.05, 0) is 25.1 Å². The summed E-state index contributed by atoms with van der Waals surface area (Å²) in [6.07, 6.45) is -0.125. The van der Waals surface area contributed by atoms with E-state index < -0.39 is 0 Å². The number of alkyl halides is 1.